The van der Waals surface area contributed by atoms with Gasteiger partial charge in [0.15, 0.2) is 5.75 Å². The first-order valence-corrected chi connectivity index (χ1v) is 13.2. The van der Waals surface area contributed by atoms with Gasteiger partial charge in [0.2, 0.25) is 5.89 Å². The van der Waals surface area contributed by atoms with Crippen LogP contribution in [-0.4, -0.2) is 35.9 Å². The predicted octanol–water partition coefficient (Wildman–Crippen LogP) is 6.44. The third-order valence-electron chi connectivity index (χ3n) is 6.03. The number of oxazole rings is 1. The van der Waals surface area contributed by atoms with Gasteiger partial charge in [-0.15, -0.1) is 0 Å². The number of amides is 1. The van der Waals surface area contributed by atoms with Gasteiger partial charge in [0.1, 0.15) is 34.9 Å². The number of methoxy groups -OCH3 is 2. The van der Waals surface area contributed by atoms with Crippen LogP contribution in [0.2, 0.25) is 0 Å². The van der Waals surface area contributed by atoms with Crippen molar-refractivity contribution >= 4 is 17.6 Å². The number of hydrogen-bond acceptors (Lipinski definition) is 9. The topological polar surface area (TPSA) is 122 Å². The van der Waals surface area contributed by atoms with Crippen molar-refractivity contribution in [2.75, 3.05) is 24.9 Å². The number of carbonyl (C=O) groups is 1. The molecule has 0 bridgehead atoms. The number of pyridine rings is 1. The lowest BCUT2D eigenvalue weighted by Crippen LogP contribution is -2.37. The maximum absolute atomic E-state index is 14.8. The number of nitrogen functional groups attached to an aromatic ring is 1. The standard InChI is InChI=1S/C31H35FN4O6/c1-19-16-41-29(34-19)23-13-21(14-25(33)28(23)39-6)17-40-18-26-24(32)11-12-27(35-26)36(30(37)42-31(2,3)4)15-20-7-9-22(38-5)10-8-20/h7-14,16H,15,17-18,33H2,1-6H3. The van der Waals surface area contributed by atoms with Crippen LogP contribution in [0.1, 0.15) is 43.3 Å². The minimum atomic E-state index is -0.746. The smallest absolute Gasteiger partial charge is 0.416 e. The van der Waals surface area contributed by atoms with Gasteiger partial charge in [0.25, 0.3) is 0 Å². The Bertz CT molecular complexity index is 1530. The largest absolute Gasteiger partial charge is 0.497 e. The highest BCUT2D eigenvalue weighted by Crippen LogP contribution is 2.36. The highest BCUT2D eigenvalue weighted by Gasteiger charge is 2.25. The molecule has 0 radical (unpaired) electrons. The van der Waals surface area contributed by atoms with Crippen LogP contribution in [0.5, 0.6) is 11.5 Å². The van der Waals surface area contributed by atoms with Gasteiger partial charge in [-0.3, -0.25) is 4.90 Å². The van der Waals surface area contributed by atoms with E-state index in [1.165, 1.54) is 30.4 Å². The molecule has 0 saturated heterocycles. The van der Waals surface area contributed by atoms with E-state index >= 15 is 0 Å². The summed E-state index contributed by atoms with van der Waals surface area (Å²) in [4.78, 5) is 23.3. The van der Waals surface area contributed by atoms with E-state index in [0.29, 0.717) is 39.9 Å². The van der Waals surface area contributed by atoms with Gasteiger partial charge in [0.05, 0.1) is 50.9 Å². The van der Waals surface area contributed by atoms with Crippen molar-refractivity contribution in [2.24, 2.45) is 0 Å². The Morgan fingerprint density at radius 2 is 1.74 bits per heavy atom. The maximum atomic E-state index is 14.8. The third-order valence-corrected chi connectivity index (χ3v) is 6.03. The number of benzene rings is 2. The van der Waals surface area contributed by atoms with E-state index in [1.54, 1.807) is 52.1 Å². The average Bonchev–Trinajstić information content (AvgIpc) is 3.38. The number of anilines is 2. The van der Waals surface area contributed by atoms with Crippen LogP contribution < -0.4 is 20.1 Å². The van der Waals surface area contributed by atoms with Gasteiger partial charge >= 0.3 is 6.09 Å². The Labute approximate surface area is 244 Å². The molecule has 222 valence electrons. The number of nitrogens with zero attached hydrogens (tertiary/aromatic N) is 3. The van der Waals surface area contributed by atoms with Gasteiger partial charge in [-0.1, -0.05) is 12.1 Å². The Hall–Kier alpha value is -4.64. The minimum Gasteiger partial charge on any atom is -0.497 e. The molecule has 10 nitrogen and oxygen atoms in total. The van der Waals surface area contributed by atoms with Crippen molar-refractivity contribution in [3.8, 4) is 23.0 Å². The second-order valence-corrected chi connectivity index (χ2v) is 10.6. The summed E-state index contributed by atoms with van der Waals surface area (Å²) in [5.41, 5.74) is 8.66. The van der Waals surface area contributed by atoms with Gasteiger partial charge < -0.3 is 29.1 Å². The molecule has 0 aliphatic heterocycles. The highest BCUT2D eigenvalue weighted by molar-refractivity contribution is 5.86. The van der Waals surface area contributed by atoms with Crippen LogP contribution >= 0.6 is 0 Å². The van der Waals surface area contributed by atoms with E-state index < -0.39 is 17.5 Å². The van der Waals surface area contributed by atoms with Crippen molar-refractivity contribution < 1.29 is 32.5 Å². The molecule has 1 amide bonds. The van der Waals surface area contributed by atoms with Crippen molar-refractivity contribution in [2.45, 2.75) is 53.1 Å². The molecule has 2 N–H and O–H groups in total. The van der Waals surface area contributed by atoms with E-state index in [-0.39, 0.29) is 31.3 Å². The molecule has 0 unspecified atom stereocenters. The summed E-state index contributed by atoms with van der Waals surface area (Å²) in [5.74, 6) is 1.12. The normalized spacial score (nSPS) is 11.3. The summed E-state index contributed by atoms with van der Waals surface area (Å²) in [6.45, 7) is 7.20. The molecule has 2 aromatic heterocycles. The van der Waals surface area contributed by atoms with Crippen LogP contribution in [0.3, 0.4) is 0 Å². The summed E-state index contributed by atoms with van der Waals surface area (Å²) >= 11 is 0. The van der Waals surface area contributed by atoms with Crippen LogP contribution in [0.25, 0.3) is 11.5 Å². The molecular formula is C31H35FN4O6. The lowest BCUT2D eigenvalue weighted by Gasteiger charge is -2.27. The monoisotopic (exact) mass is 578 g/mol. The van der Waals surface area contributed by atoms with Gasteiger partial charge in [-0.25, -0.2) is 19.2 Å². The van der Waals surface area contributed by atoms with Crippen molar-refractivity contribution in [3.63, 3.8) is 0 Å². The van der Waals surface area contributed by atoms with E-state index in [2.05, 4.69) is 9.97 Å². The first kappa shape index (κ1) is 30.3. The lowest BCUT2D eigenvalue weighted by atomic mass is 10.1. The molecule has 2 heterocycles. The van der Waals surface area contributed by atoms with Crippen molar-refractivity contribution in [3.05, 3.63) is 83.1 Å². The number of rotatable bonds is 10. The number of aryl methyl sites for hydroxylation is 1. The quantitative estimate of drug-likeness (QED) is 0.212. The van der Waals surface area contributed by atoms with E-state index in [4.69, 9.17) is 29.1 Å². The molecule has 4 aromatic rings. The molecule has 0 aliphatic rings. The van der Waals surface area contributed by atoms with Crippen molar-refractivity contribution in [1.82, 2.24) is 9.97 Å². The molecule has 0 aliphatic carbocycles. The molecule has 4 rings (SSSR count). The molecule has 2 aromatic carbocycles. The third kappa shape index (κ3) is 7.55. The molecular weight excluding hydrogens is 543 g/mol. The van der Waals surface area contributed by atoms with Gasteiger partial charge in [0, 0.05) is 0 Å². The van der Waals surface area contributed by atoms with Crippen LogP contribution in [-0.2, 0) is 29.2 Å². The van der Waals surface area contributed by atoms with Crippen LogP contribution in [0, 0.1) is 12.7 Å². The first-order chi connectivity index (χ1) is 20.0. The zero-order valence-electron chi connectivity index (χ0n) is 24.6. The number of nitrogens with two attached hydrogens (primary N) is 1. The summed E-state index contributed by atoms with van der Waals surface area (Å²) in [6, 6.07) is 13.4. The molecule has 11 heteroatoms. The zero-order chi connectivity index (χ0) is 30.4. The molecule has 0 spiro atoms. The van der Waals surface area contributed by atoms with E-state index in [9.17, 15) is 9.18 Å². The Morgan fingerprint density at radius 3 is 2.36 bits per heavy atom. The van der Waals surface area contributed by atoms with E-state index in [0.717, 1.165) is 5.56 Å². The number of halogens is 1. The summed E-state index contributed by atoms with van der Waals surface area (Å²) in [5, 5.41) is 0. The van der Waals surface area contributed by atoms with Gasteiger partial charge in [-0.05, 0) is 75.2 Å². The second-order valence-electron chi connectivity index (χ2n) is 10.6. The van der Waals surface area contributed by atoms with Gasteiger partial charge in [-0.2, -0.15) is 0 Å². The molecule has 0 saturated carbocycles. The fourth-order valence-electron chi connectivity index (χ4n) is 4.12. The number of carbonyl (C=O) groups excluding carboxylic acids is 1. The number of aromatic nitrogens is 2. The SMILES string of the molecule is COc1ccc(CN(C(=O)OC(C)(C)C)c2ccc(F)c(COCc3cc(N)c(OC)c(-c4nc(C)co4)c3)n2)cc1. The highest BCUT2D eigenvalue weighted by atomic mass is 19.1. The van der Waals surface area contributed by atoms with Crippen LogP contribution in [0.15, 0.2) is 59.2 Å². The van der Waals surface area contributed by atoms with E-state index in [1.807, 2.05) is 19.1 Å². The zero-order valence-corrected chi connectivity index (χ0v) is 24.6. The number of ether oxygens (including phenoxy) is 4. The Kier molecular flexibility index (Phi) is 9.31. The summed E-state index contributed by atoms with van der Waals surface area (Å²) < 4.78 is 42.5. The predicted molar refractivity (Wildman–Crippen MR) is 156 cm³/mol. The Balaban J connectivity index is 1.55. The fourth-order valence-corrected chi connectivity index (χ4v) is 4.12. The van der Waals surface area contributed by atoms with Crippen LogP contribution in [0.4, 0.5) is 20.7 Å². The molecule has 42 heavy (non-hydrogen) atoms. The maximum Gasteiger partial charge on any atom is 0.416 e. The second kappa shape index (κ2) is 12.9. The molecule has 0 atom stereocenters. The number of hydrogen-bond donors (Lipinski definition) is 1. The molecule has 0 fully saturated rings. The Morgan fingerprint density at radius 1 is 1.00 bits per heavy atom. The fraction of sp³-hybridized carbons (Fsp3) is 0.323. The van der Waals surface area contributed by atoms with Crippen molar-refractivity contribution in [1.29, 1.82) is 0 Å². The minimum absolute atomic E-state index is 0.0285. The summed E-state index contributed by atoms with van der Waals surface area (Å²) in [6.07, 6.45) is 0.914. The first-order valence-electron chi connectivity index (χ1n) is 13.2. The summed E-state index contributed by atoms with van der Waals surface area (Å²) in [7, 11) is 3.09. The average molecular weight is 579 g/mol. The lowest BCUT2D eigenvalue weighted by molar-refractivity contribution is 0.0575.